The number of rotatable bonds is 4. The van der Waals surface area contributed by atoms with E-state index in [4.69, 9.17) is 4.42 Å². The van der Waals surface area contributed by atoms with Crippen molar-refractivity contribution in [2.75, 3.05) is 15.1 Å². The summed E-state index contributed by atoms with van der Waals surface area (Å²) in [6.45, 7) is 3.97. The largest absolute Gasteiger partial charge is 0.442 e. The van der Waals surface area contributed by atoms with Gasteiger partial charge in [0.15, 0.2) is 5.82 Å². The van der Waals surface area contributed by atoms with Gasteiger partial charge in [0.2, 0.25) is 5.71 Å². The lowest BCUT2D eigenvalue weighted by atomic mass is 10.1. The molecule has 3 heterocycles. The van der Waals surface area contributed by atoms with Crippen LogP contribution < -0.4 is 8.01 Å². The molecule has 1 aliphatic rings. The number of furan rings is 1. The molecule has 0 unspecified atom stereocenters. The lowest BCUT2D eigenvalue weighted by Gasteiger charge is -2.26. The second-order valence-corrected chi connectivity index (χ2v) is 7.91. The number of nitrogens with zero attached hydrogens (tertiary/aromatic N) is 6. The summed E-state index contributed by atoms with van der Waals surface area (Å²) in [6, 6.07) is 0. The standard InChI is InChI=1S/C17H19IN6O2/c1-10-12(16(25)24(18)11-7-22(3)9-21-11)13-14(19-8-20-15(13)26-10)23(4)17(2)5-6-17/h7-9H,5-6H2,1-4H3. The Morgan fingerprint density at radius 2 is 2.08 bits per heavy atom. The van der Waals surface area contributed by atoms with E-state index in [-0.39, 0.29) is 11.4 Å². The van der Waals surface area contributed by atoms with Crippen LogP contribution in [0.25, 0.3) is 11.1 Å². The fourth-order valence-corrected chi connectivity index (χ4v) is 3.51. The predicted molar refractivity (Wildman–Crippen MR) is 107 cm³/mol. The Labute approximate surface area is 164 Å². The van der Waals surface area contributed by atoms with Crippen molar-refractivity contribution in [1.29, 1.82) is 0 Å². The normalized spacial score (nSPS) is 15.3. The molecule has 0 aromatic carbocycles. The van der Waals surface area contributed by atoms with Crippen LogP contribution in [0.15, 0.2) is 23.3 Å². The van der Waals surface area contributed by atoms with Gasteiger partial charge in [0.05, 0.1) is 40.1 Å². The third-order valence-electron chi connectivity index (χ3n) is 5.03. The van der Waals surface area contributed by atoms with Crippen molar-refractivity contribution in [2.45, 2.75) is 32.2 Å². The van der Waals surface area contributed by atoms with Crippen LogP contribution in [0.2, 0.25) is 0 Å². The minimum atomic E-state index is -0.203. The van der Waals surface area contributed by atoms with E-state index in [0.29, 0.717) is 28.2 Å². The highest BCUT2D eigenvalue weighted by Crippen LogP contribution is 2.44. The molecule has 1 aliphatic carbocycles. The first-order valence-corrected chi connectivity index (χ1v) is 9.24. The van der Waals surface area contributed by atoms with Gasteiger partial charge in [0.1, 0.15) is 17.9 Å². The van der Waals surface area contributed by atoms with Gasteiger partial charge in [-0.25, -0.2) is 18.1 Å². The van der Waals surface area contributed by atoms with Crippen molar-refractivity contribution < 1.29 is 9.21 Å². The molecule has 3 aromatic rings. The third kappa shape index (κ3) is 2.65. The zero-order valence-corrected chi connectivity index (χ0v) is 17.2. The van der Waals surface area contributed by atoms with Crippen molar-refractivity contribution in [2.24, 2.45) is 7.05 Å². The van der Waals surface area contributed by atoms with E-state index in [1.165, 1.54) is 9.44 Å². The second-order valence-electron chi connectivity index (χ2n) is 6.95. The number of aromatic nitrogens is 4. The monoisotopic (exact) mass is 466 g/mol. The van der Waals surface area contributed by atoms with Gasteiger partial charge in [-0.1, -0.05) is 0 Å². The zero-order chi connectivity index (χ0) is 18.6. The van der Waals surface area contributed by atoms with Crippen LogP contribution >= 0.6 is 22.9 Å². The number of aryl methyl sites for hydroxylation is 2. The number of fused-ring (bicyclic) bond motifs is 1. The first-order valence-electron chi connectivity index (χ1n) is 8.28. The summed E-state index contributed by atoms with van der Waals surface area (Å²) >= 11 is 1.97. The molecule has 0 bridgehead atoms. The fraction of sp³-hybridized carbons (Fsp3) is 0.412. The number of hydrogen-bond acceptors (Lipinski definition) is 6. The van der Waals surface area contributed by atoms with Gasteiger partial charge in [-0.3, -0.25) is 4.79 Å². The van der Waals surface area contributed by atoms with Crippen LogP contribution in [-0.2, 0) is 7.05 Å². The van der Waals surface area contributed by atoms with Gasteiger partial charge in [-0.2, -0.15) is 0 Å². The second kappa shape index (κ2) is 5.93. The van der Waals surface area contributed by atoms with Crippen LogP contribution in [-0.4, -0.2) is 38.0 Å². The van der Waals surface area contributed by atoms with Crippen LogP contribution in [0.4, 0.5) is 11.6 Å². The van der Waals surface area contributed by atoms with Crippen molar-refractivity contribution in [3.8, 4) is 0 Å². The van der Waals surface area contributed by atoms with Crippen LogP contribution in [0.3, 0.4) is 0 Å². The van der Waals surface area contributed by atoms with Gasteiger partial charge >= 0.3 is 0 Å². The molecule has 8 nitrogen and oxygen atoms in total. The predicted octanol–water partition coefficient (Wildman–Crippen LogP) is 3.25. The van der Waals surface area contributed by atoms with E-state index < -0.39 is 0 Å². The van der Waals surface area contributed by atoms with E-state index in [1.807, 2.05) is 37.0 Å². The highest BCUT2D eigenvalue weighted by atomic mass is 127. The molecule has 0 aliphatic heterocycles. The molecule has 1 fully saturated rings. The SMILES string of the molecule is Cc1oc2ncnc(N(C)C3(C)CC3)c2c1C(=O)N(I)c1cn(C)cn1. The smallest absolute Gasteiger partial charge is 0.272 e. The van der Waals surface area contributed by atoms with Crippen molar-refractivity contribution in [3.05, 3.63) is 30.2 Å². The number of carbonyl (C=O) groups is 1. The molecule has 0 saturated heterocycles. The number of anilines is 2. The zero-order valence-electron chi connectivity index (χ0n) is 15.0. The van der Waals surface area contributed by atoms with Gasteiger partial charge in [0.25, 0.3) is 5.91 Å². The summed E-state index contributed by atoms with van der Waals surface area (Å²) in [5.41, 5.74) is 0.974. The molecule has 0 spiro atoms. The van der Waals surface area contributed by atoms with Crippen LogP contribution in [0, 0.1) is 6.92 Å². The van der Waals surface area contributed by atoms with Crippen LogP contribution in [0.1, 0.15) is 35.9 Å². The molecule has 3 aromatic heterocycles. The van der Waals surface area contributed by atoms with Crippen molar-refractivity contribution in [3.63, 3.8) is 0 Å². The summed E-state index contributed by atoms with van der Waals surface area (Å²) in [7, 11) is 3.87. The quantitative estimate of drug-likeness (QED) is 0.434. The molecule has 0 atom stereocenters. The van der Waals surface area contributed by atoms with Gasteiger partial charge in [0, 0.05) is 25.8 Å². The summed E-state index contributed by atoms with van der Waals surface area (Å²) in [6.07, 6.45) is 7.13. The van der Waals surface area contributed by atoms with Gasteiger partial charge in [-0.05, 0) is 26.7 Å². The van der Waals surface area contributed by atoms with Gasteiger partial charge in [-0.15, -0.1) is 0 Å². The first-order chi connectivity index (χ1) is 12.3. The number of amides is 1. The lowest BCUT2D eigenvalue weighted by Crippen LogP contribution is -2.32. The van der Waals surface area contributed by atoms with E-state index in [2.05, 4.69) is 26.8 Å². The van der Waals surface area contributed by atoms with E-state index in [9.17, 15) is 4.79 Å². The van der Waals surface area contributed by atoms with E-state index in [1.54, 1.807) is 24.0 Å². The maximum Gasteiger partial charge on any atom is 0.272 e. The molecule has 1 saturated carbocycles. The number of hydrogen-bond donors (Lipinski definition) is 0. The highest BCUT2D eigenvalue weighted by molar-refractivity contribution is 14.1. The minimum absolute atomic E-state index is 0.0672. The Balaban J connectivity index is 1.84. The average molecular weight is 466 g/mol. The Morgan fingerprint density at radius 1 is 1.35 bits per heavy atom. The van der Waals surface area contributed by atoms with Crippen LogP contribution in [0.5, 0.6) is 0 Å². The molecule has 4 rings (SSSR count). The Bertz CT molecular complexity index is 1010. The lowest BCUT2D eigenvalue weighted by molar-refractivity contribution is 0.101. The topological polar surface area (TPSA) is 80.3 Å². The Hall–Kier alpha value is -2.17. The Kier molecular flexibility index (Phi) is 3.94. The molecular weight excluding hydrogens is 447 g/mol. The molecule has 0 N–H and O–H groups in total. The summed E-state index contributed by atoms with van der Waals surface area (Å²) < 4.78 is 9.07. The third-order valence-corrected chi connectivity index (χ3v) is 5.96. The maximum atomic E-state index is 13.2. The minimum Gasteiger partial charge on any atom is -0.442 e. The first kappa shape index (κ1) is 17.3. The van der Waals surface area contributed by atoms with E-state index in [0.717, 1.165) is 18.7 Å². The molecule has 1 amide bonds. The summed E-state index contributed by atoms with van der Waals surface area (Å²) in [5.74, 6) is 1.61. The van der Waals surface area contributed by atoms with E-state index >= 15 is 0 Å². The number of halogens is 1. The Morgan fingerprint density at radius 3 is 2.69 bits per heavy atom. The average Bonchev–Trinajstić information content (AvgIpc) is 3.07. The molecule has 26 heavy (non-hydrogen) atoms. The molecule has 136 valence electrons. The number of carbonyl (C=O) groups excluding carboxylic acids is 1. The van der Waals surface area contributed by atoms with Crippen molar-refractivity contribution >= 4 is 51.5 Å². The maximum absolute atomic E-state index is 13.2. The molecule has 9 heteroatoms. The fourth-order valence-electron chi connectivity index (χ4n) is 3.02. The summed E-state index contributed by atoms with van der Waals surface area (Å²) in [5, 5.41) is 0.656. The van der Waals surface area contributed by atoms with Gasteiger partial charge < -0.3 is 13.9 Å². The highest BCUT2D eigenvalue weighted by Gasteiger charge is 2.43. The number of imidazole rings is 1. The summed E-state index contributed by atoms with van der Waals surface area (Å²) in [4.78, 5) is 28.3. The van der Waals surface area contributed by atoms with Crippen molar-refractivity contribution in [1.82, 2.24) is 19.5 Å². The molecule has 0 radical (unpaired) electrons. The molecular formula is C17H19IN6O2.